The lowest BCUT2D eigenvalue weighted by atomic mass is 10.0. The lowest BCUT2D eigenvalue weighted by molar-refractivity contribution is -0.114. The maximum atomic E-state index is 12.2. The molecule has 2 aromatic rings. The highest BCUT2D eigenvalue weighted by Crippen LogP contribution is 2.21. The number of Topliss-reactive ketones (excluding diaryl/α,β-unsaturated/α-hetero) is 2. The summed E-state index contributed by atoms with van der Waals surface area (Å²) in [5.41, 5.74) is 14.2. The van der Waals surface area contributed by atoms with Crippen LogP contribution in [0.25, 0.3) is 11.5 Å². The molecule has 0 fully saturated rings. The highest BCUT2D eigenvalue weighted by Gasteiger charge is 2.17. The molecule has 34 heavy (non-hydrogen) atoms. The molecule has 0 aliphatic carbocycles. The number of hydrogen-bond donors (Lipinski definition) is 4. The van der Waals surface area contributed by atoms with Crippen molar-refractivity contribution in [3.05, 3.63) is 70.8 Å². The number of benzene rings is 2. The largest absolute Gasteiger partial charge is 0.506 e. The molecule has 6 N–H and O–H groups in total. The van der Waals surface area contributed by atoms with Crippen LogP contribution < -0.4 is 11.5 Å². The van der Waals surface area contributed by atoms with E-state index in [1.165, 1.54) is 13.8 Å². The molecule has 8 nitrogen and oxygen atoms in total. The molecule has 0 radical (unpaired) electrons. The topological polar surface area (TPSA) is 151 Å². The van der Waals surface area contributed by atoms with Gasteiger partial charge in [-0.15, -0.1) is 0 Å². The third-order valence-corrected chi connectivity index (χ3v) is 5.02. The Kier molecular flexibility index (Phi) is 8.89. The molecule has 0 saturated heterocycles. The third-order valence-electron chi connectivity index (χ3n) is 5.02. The number of carbonyl (C=O) groups is 2. The number of allylic oxidation sites excluding steroid dienone is 2. The second-order valence-electron chi connectivity index (χ2n) is 7.74. The van der Waals surface area contributed by atoms with Crippen LogP contribution in [0.15, 0.2) is 69.7 Å². The summed E-state index contributed by atoms with van der Waals surface area (Å²) < 4.78 is 0. The minimum absolute atomic E-state index is 0.0925. The van der Waals surface area contributed by atoms with Gasteiger partial charge in [-0.1, -0.05) is 24.3 Å². The van der Waals surface area contributed by atoms with E-state index in [9.17, 15) is 19.8 Å². The normalized spacial score (nSPS) is 13.8. The Morgan fingerprint density at radius 1 is 0.706 bits per heavy atom. The Morgan fingerprint density at radius 2 is 1.06 bits per heavy atom. The molecule has 2 rings (SSSR count). The number of hydrogen-bond acceptors (Lipinski definition) is 8. The Bertz CT molecular complexity index is 1130. The lowest BCUT2D eigenvalue weighted by Gasteiger charge is -2.10. The number of nitrogens with two attached hydrogens (primary N) is 2. The van der Waals surface area contributed by atoms with Crippen LogP contribution in [0.1, 0.15) is 38.8 Å². The molecular formula is C26H30N4O4. The SMILES string of the molecule is CC(=O)/C(C(C)=NCCN=C(C)/C(C(C)=O)=C(\O)c1cccc(N)c1)=C(\O)c1cccc(N)c1. The number of aliphatic hydroxyl groups excluding tert-OH is 2. The predicted octanol–water partition coefficient (Wildman–Crippen LogP) is 4.19. The van der Waals surface area contributed by atoms with Crippen LogP contribution in [-0.4, -0.2) is 46.3 Å². The molecule has 2 aromatic carbocycles. The minimum atomic E-state index is -0.338. The maximum Gasteiger partial charge on any atom is 0.165 e. The van der Waals surface area contributed by atoms with Gasteiger partial charge in [0, 0.05) is 33.9 Å². The smallest absolute Gasteiger partial charge is 0.165 e. The van der Waals surface area contributed by atoms with Crippen molar-refractivity contribution in [1.82, 2.24) is 0 Å². The Balaban J connectivity index is 2.27. The van der Waals surface area contributed by atoms with E-state index in [0.717, 1.165) is 0 Å². The van der Waals surface area contributed by atoms with Crippen LogP contribution >= 0.6 is 0 Å². The number of anilines is 2. The monoisotopic (exact) mass is 462 g/mol. The highest BCUT2D eigenvalue weighted by atomic mass is 16.3. The van der Waals surface area contributed by atoms with Gasteiger partial charge in [-0.2, -0.15) is 0 Å². The molecule has 0 heterocycles. The number of aliphatic hydroxyl groups is 2. The lowest BCUT2D eigenvalue weighted by Crippen LogP contribution is -2.13. The van der Waals surface area contributed by atoms with Crippen molar-refractivity contribution in [3.8, 4) is 0 Å². The molecule has 0 amide bonds. The van der Waals surface area contributed by atoms with E-state index in [4.69, 9.17) is 11.5 Å². The fourth-order valence-corrected chi connectivity index (χ4v) is 3.44. The summed E-state index contributed by atoms with van der Waals surface area (Å²) in [5.74, 6) is -1.08. The van der Waals surface area contributed by atoms with Gasteiger partial charge in [-0.3, -0.25) is 19.6 Å². The first-order chi connectivity index (χ1) is 16.0. The van der Waals surface area contributed by atoms with Crippen molar-refractivity contribution in [2.24, 2.45) is 9.98 Å². The number of ketones is 2. The first kappa shape index (κ1) is 26.1. The third kappa shape index (κ3) is 6.65. The average molecular weight is 463 g/mol. The standard InChI is InChI=1S/C26H30N4O4/c1-15(23(17(3)31)25(33)19-7-5-9-21(27)13-19)29-11-12-30-16(2)24(18(4)32)26(34)20-8-6-10-22(28)14-20/h5-10,13-14,33-34H,11-12,27-28H2,1-4H3/b25-23-,26-24+,29-15?,30-16?. The van der Waals surface area contributed by atoms with E-state index in [-0.39, 0.29) is 47.3 Å². The zero-order chi connectivity index (χ0) is 25.4. The summed E-state index contributed by atoms with van der Waals surface area (Å²) in [6.45, 7) is 6.36. The van der Waals surface area contributed by atoms with Gasteiger partial charge in [-0.25, -0.2) is 0 Å². The van der Waals surface area contributed by atoms with Gasteiger partial charge in [0.05, 0.1) is 24.2 Å². The Hall–Kier alpha value is -4.20. The molecule has 8 heteroatoms. The maximum absolute atomic E-state index is 12.2. The molecular weight excluding hydrogens is 432 g/mol. The van der Waals surface area contributed by atoms with E-state index < -0.39 is 0 Å². The summed E-state index contributed by atoms with van der Waals surface area (Å²) in [6, 6.07) is 13.2. The summed E-state index contributed by atoms with van der Waals surface area (Å²) in [6.07, 6.45) is 0. The van der Waals surface area contributed by atoms with E-state index in [0.29, 0.717) is 33.9 Å². The Morgan fingerprint density at radius 3 is 1.35 bits per heavy atom. The fraction of sp³-hybridized carbons (Fsp3) is 0.231. The molecule has 0 spiro atoms. The van der Waals surface area contributed by atoms with Crippen molar-refractivity contribution in [1.29, 1.82) is 0 Å². The molecule has 0 aliphatic rings. The summed E-state index contributed by atoms with van der Waals surface area (Å²) in [4.78, 5) is 33.1. The van der Waals surface area contributed by atoms with Crippen molar-refractivity contribution < 1.29 is 19.8 Å². The van der Waals surface area contributed by atoms with Crippen molar-refractivity contribution in [2.75, 3.05) is 24.6 Å². The van der Waals surface area contributed by atoms with Gasteiger partial charge >= 0.3 is 0 Å². The molecule has 178 valence electrons. The zero-order valence-electron chi connectivity index (χ0n) is 19.8. The van der Waals surface area contributed by atoms with Gasteiger partial charge in [-0.05, 0) is 52.0 Å². The van der Waals surface area contributed by atoms with Gasteiger partial charge < -0.3 is 21.7 Å². The highest BCUT2D eigenvalue weighted by molar-refractivity contribution is 6.25. The number of carbonyl (C=O) groups excluding carboxylic acids is 2. The molecule has 0 aliphatic heterocycles. The molecule has 0 atom stereocenters. The van der Waals surface area contributed by atoms with Crippen LogP contribution in [0.2, 0.25) is 0 Å². The summed E-state index contributed by atoms with van der Waals surface area (Å²) in [5, 5.41) is 21.3. The van der Waals surface area contributed by atoms with Crippen molar-refractivity contribution >= 4 is 45.9 Å². The predicted molar refractivity (Wildman–Crippen MR) is 138 cm³/mol. The summed E-state index contributed by atoms with van der Waals surface area (Å²) >= 11 is 0. The van der Waals surface area contributed by atoms with Gasteiger partial charge in [0.25, 0.3) is 0 Å². The van der Waals surface area contributed by atoms with Crippen molar-refractivity contribution in [3.63, 3.8) is 0 Å². The van der Waals surface area contributed by atoms with E-state index >= 15 is 0 Å². The van der Waals surface area contributed by atoms with E-state index in [2.05, 4.69) is 9.98 Å². The minimum Gasteiger partial charge on any atom is -0.506 e. The zero-order valence-corrected chi connectivity index (χ0v) is 19.8. The summed E-state index contributed by atoms with van der Waals surface area (Å²) in [7, 11) is 0. The van der Waals surface area contributed by atoms with Crippen LogP contribution in [0.5, 0.6) is 0 Å². The van der Waals surface area contributed by atoms with Gasteiger partial charge in [0.1, 0.15) is 11.5 Å². The van der Waals surface area contributed by atoms with Gasteiger partial charge in [0.15, 0.2) is 11.6 Å². The molecule has 0 bridgehead atoms. The molecule has 0 unspecified atom stereocenters. The number of aliphatic imine (C=N–C) groups is 2. The molecule has 0 saturated carbocycles. The second-order valence-corrected chi connectivity index (χ2v) is 7.74. The fourth-order valence-electron chi connectivity index (χ4n) is 3.44. The quantitative estimate of drug-likeness (QED) is 0.144. The van der Waals surface area contributed by atoms with E-state index in [1.807, 2.05) is 0 Å². The molecule has 0 aromatic heterocycles. The first-order valence-electron chi connectivity index (χ1n) is 10.7. The average Bonchev–Trinajstić information content (AvgIpc) is 2.76. The number of nitrogen functional groups attached to an aromatic ring is 2. The van der Waals surface area contributed by atoms with Crippen LogP contribution in [0.4, 0.5) is 11.4 Å². The Labute approximate surface area is 199 Å². The first-order valence-corrected chi connectivity index (χ1v) is 10.7. The number of nitrogens with zero attached hydrogens (tertiary/aromatic N) is 2. The van der Waals surface area contributed by atoms with Crippen LogP contribution in [0, 0.1) is 0 Å². The second kappa shape index (κ2) is 11.6. The number of rotatable bonds is 9. The van der Waals surface area contributed by atoms with Gasteiger partial charge in [0.2, 0.25) is 0 Å². The van der Waals surface area contributed by atoms with Crippen molar-refractivity contribution in [2.45, 2.75) is 27.7 Å². The van der Waals surface area contributed by atoms with Crippen LogP contribution in [-0.2, 0) is 9.59 Å². The van der Waals surface area contributed by atoms with Crippen LogP contribution in [0.3, 0.4) is 0 Å². The van der Waals surface area contributed by atoms with E-state index in [1.54, 1.807) is 62.4 Å².